The highest BCUT2D eigenvalue weighted by molar-refractivity contribution is 5.99. The third-order valence-corrected chi connectivity index (χ3v) is 3.48. The molecule has 19 heavy (non-hydrogen) atoms. The Morgan fingerprint density at radius 2 is 1.89 bits per heavy atom. The van der Waals surface area contributed by atoms with E-state index in [-0.39, 0.29) is 23.8 Å². The van der Waals surface area contributed by atoms with E-state index in [0.29, 0.717) is 25.9 Å². The Hall–Kier alpha value is -1.69. The highest BCUT2D eigenvalue weighted by Gasteiger charge is 2.25. The van der Waals surface area contributed by atoms with Gasteiger partial charge >= 0.3 is 0 Å². The minimum Gasteiger partial charge on any atom is -0.398 e. The molecule has 3 N–H and O–H groups in total. The topological polar surface area (TPSA) is 66.6 Å². The molecular weight excluding hydrogens is 254 g/mol. The summed E-state index contributed by atoms with van der Waals surface area (Å²) in [5.41, 5.74) is 5.48. The summed E-state index contributed by atoms with van der Waals surface area (Å²) in [6.45, 7) is 1.08. The maximum Gasteiger partial charge on any atom is 0.256 e. The van der Waals surface area contributed by atoms with E-state index < -0.39 is 17.5 Å². The lowest BCUT2D eigenvalue weighted by Crippen LogP contribution is -2.39. The van der Waals surface area contributed by atoms with Crippen LogP contribution in [0.15, 0.2) is 12.1 Å². The third-order valence-electron chi connectivity index (χ3n) is 3.48. The van der Waals surface area contributed by atoms with Gasteiger partial charge in [0.15, 0.2) is 11.6 Å². The van der Waals surface area contributed by atoms with Crippen LogP contribution >= 0.6 is 0 Å². The SMILES string of the molecule is Nc1cc(F)c(F)cc1C(=O)N1CCC(CO)CC1. The van der Waals surface area contributed by atoms with Gasteiger partial charge < -0.3 is 15.7 Å². The van der Waals surface area contributed by atoms with Crippen molar-refractivity contribution >= 4 is 11.6 Å². The molecule has 1 heterocycles. The molecule has 1 aliphatic heterocycles. The van der Waals surface area contributed by atoms with Crippen LogP contribution in [0.2, 0.25) is 0 Å². The Morgan fingerprint density at radius 1 is 1.32 bits per heavy atom. The van der Waals surface area contributed by atoms with Gasteiger partial charge in [0.25, 0.3) is 5.91 Å². The van der Waals surface area contributed by atoms with Crippen molar-refractivity contribution in [3.63, 3.8) is 0 Å². The molecule has 1 amide bonds. The van der Waals surface area contributed by atoms with Crippen LogP contribution in [0.5, 0.6) is 0 Å². The monoisotopic (exact) mass is 270 g/mol. The Kier molecular flexibility index (Phi) is 3.99. The number of nitrogen functional groups attached to an aromatic ring is 1. The number of amides is 1. The van der Waals surface area contributed by atoms with Crippen molar-refractivity contribution in [2.24, 2.45) is 5.92 Å². The van der Waals surface area contributed by atoms with Gasteiger partial charge in [0.05, 0.1) is 5.56 Å². The first-order chi connectivity index (χ1) is 9.02. The van der Waals surface area contributed by atoms with Crippen LogP contribution in [0, 0.1) is 17.6 Å². The lowest BCUT2D eigenvalue weighted by Gasteiger charge is -2.31. The van der Waals surface area contributed by atoms with E-state index in [1.54, 1.807) is 4.90 Å². The number of halogens is 2. The van der Waals surface area contributed by atoms with Gasteiger partial charge in [0, 0.05) is 31.5 Å². The summed E-state index contributed by atoms with van der Waals surface area (Å²) in [4.78, 5) is 13.7. The summed E-state index contributed by atoms with van der Waals surface area (Å²) in [7, 11) is 0. The number of nitrogens with two attached hydrogens (primary N) is 1. The first-order valence-electron chi connectivity index (χ1n) is 6.17. The van der Waals surface area contributed by atoms with Crippen molar-refractivity contribution < 1.29 is 18.7 Å². The fraction of sp³-hybridized carbons (Fsp3) is 0.462. The second kappa shape index (κ2) is 5.52. The van der Waals surface area contributed by atoms with E-state index in [1.165, 1.54) is 0 Å². The average Bonchev–Trinajstić information content (AvgIpc) is 2.42. The number of aliphatic hydroxyl groups is 1. The molecule has 1 saturated heterocycles. The van der Waals surface area contributed by atoms with Crippen molar-refractivity contribution in [1.29, 1.82) is 0 Å². The number of nitrogens with zero attached hydrogens (tertiary/aromatic N) is 1. The summed E-state index contributed by atoms with van der Waals surface area (Å²) in [6.07, 6.45) is 1.40. The number of aliphatic hydroxyl groups excluding tert-OH is 1. The van der Waals surface area contributed by atoms with Crippen molar-refractivity contribution in [2.45, 2.75) is 12.8 Å². The number of piperidine rings is 1. The zero-order valence-electron chi connectivity index (χ0n) is 10.4. The van der Waals surface area contributed by atoms with Gasteiger partial charge in [-0.2, -0.15) is 0 Å². The molecule has 0 bridgehead atoms. The number of rotatable bonds is 2. The summed E-state index contributed by atoms with van der Waals surface area (Å²) in [6, 6.07) is 1.66. The molecule has 0 unspecified atom stereocenters. The molecule has 0 atom stereocenters. The number of benzene rings is 1. The molecule has 2 rings (SSSR count). The maximum absolute atomic E-state index is 13.2. The number of hydrogen-bond acceptors (Lipinski definition) is 3. The molecule has 4 nitrogen and oxygen atoms in total. The zero-order chi connectivity index (χ0) is 14.0. The van der Waals surface area contributed by atoms with E-state index >= 15 is 0 Å². The molecular formula is C13H16F2N2O2. The first kappa shape index (κ1) is 13.7. The number of carbonyl (C=O) groups is 1. The predicted molar refractivity (Wildman–Crippen MR) is 66.5 cm³/mol. The second-order valence-electron chi connectivity index (χ2n) is 4.77. The molecule has 104 valence electrons. The summed E-state index contributed by atoms with van der Waals surface area (Å²) < 4.78 is 26.1. The fourth-order valence-electron chi connectivity index (χ4n) is 2.24. The third kappa shape index (κ3) is 2.84. The quantitative estimate of drug-likeness (QED) is 0.798. The Labute approximate surface area is 109 Å². The fourth-order valence-corrected chi connectivity index (χ4v) is 2.24. The summed E-state index contributed by atoms with van der Waals surface area (Å²) in [5, 5.41) is 9.03. The number of anilines is 1. The molecule has 0 radical (unpaired) electrons. The first-order valence-corrected chi connectivity index (χ1v) is 6.17. The predicted octanol–water partition coefficient (Wildman–Crippen LogP) is 1.39. The Bertz CT molecular complexity index is 486. The van der Waals surface area contributed by atoms with Crippen molar-refractivity contribution in [1.82, 2.24) is 4.90 Å². The van der Waals surface area contributed by atoms with Crippen LogP contribution in [0.1, 0.15) is 23.2 Å². The van der Waals surface area contributed by atoms with E-state index in [4.69, 9.17) is 10.8 Å². The molecule has 0 saturated carbocycles. The van der Waals surface area contributed by atoms with Crippen molar-refractivity contribution in [3.05, 3.63) is 29.3 Å². The molecule has 6 heteroatoms. The minimum absolute atomic E-state index is 0.0126. The van der Waals surface area contributed by atoms with Crippen LogP contribution in [-0.4, -0.2) is 35.6 Å². The largest absolute Gasteiger partial charge is 0.398 e. The highest BCUT2D eigenvalue weighted by atomic mass is 19.2. The molecule has 0 spiro atoms. The lowest BCUT2D eigenvalue weighted by molar-refractivity contribution is 0.0651. The average molecular weight is 270 g/mol. The smallest absolute Gasteiger partial charge is 0.256 e. The van der Waals surface area contributed by atoms with Gasteiger partial charge in [-0.25, -0.2) is 8.78 Å². The number of hydrogen-bond donors (Lipinski definition) is 2. The Balaban J connectivity index is 2.14. The molecule has 1 aliphatic rings. The van der Waals surface area contributed by atoms with Gasteiger partial charge in [-0.1, -0.05) is 0 Å². The molecule has 0 aromatic heterocycles. The van der Waals surface area contributed by atoms with Gasteiger partial charge in [0.1, 0.15) is 0 Å². The second-order valence-corrected chi connectivity index (χ2v) is 4.77. The molecule has 1 fully saturated rings. The molecule has 0 aliphatic carbocycles. The van der Waals surface area contributed by atoms with Crippen LogP contribution in [0.25, 0.3) is 0 Å². The van der Waals surface area contributed by atoms with Gasteiger partial charge in [0.2, 0.25) is 0 Å². The highest BCUT2D eigenvalue weighted by Crippen LogP contribution is 2.22. The van der Waals surface area contributed by atoms with Gasteiger partial charge in [-0.15, -0.1) is 0 Å². The molecule has 1 aromatic rings. The van der Waals surface area contributed by atoms with E-state index in [9.17, 15) is 13.6 Å². The Morgan fingerprint density at radius 3 is 2.47 bits per heavy atom. The molecule has 1 aromatic carbocycles. The van der Waals surface area contributed by atoms with Gasteiger partial charge in [-0.3, -0.25) is 4.79 Å². The standard InChI is InChI=1S/C13H16F2N2O2/c14-10-5-9(12(16)6-11(10)15)13(19)17-3-1-8(7-18)2-4-17/h5-6,8,18H,1-4,7,16H2. The minimum atomic E-state index is -1.08. The lowest BCUT2D eigenvalue weighted by atomic mass is 9.97. The van der Waals surface area contributed by atoms with Crippen molar-refractivity contribution in [3.8, 4) is 0 Å². The maximum atomic E-state index is 13.2. The van der Waals surface area contributed by atoms with E-state index in [2.05, 4.69) is 0 Å². The van der Waals surface area contributed by atoms with Crippen LogP contribution < -0.4 is 5.73 Å². The van der Waals surface area contributed by atoms with Crippen LogP contribution in [0.4, 0.5) is 14.5 Å². The van der Waals surface area contributed by atoms with Crippen LogP contribution in [0.3, 0.4) is 0 Å². The van der Waals surface area contributed by atoms with Crippen molar-refractivity contribution in [2.75, 3.05) is 25.4 Å². The zero-order valence-corrected chi connectivity index (χ0v) is 10.4. The van der Waals surface area contributed by atoms with Crippen LogP contribution in [-0.2, 0) is 0 Å². The number of likely N-dealkylation sites (tertiary alicyclic amines) is 1. The summed E-state index contributed by atoms with van der Waals surface area (Å²) in [5.74, 6) is -2.34. The number of carbonyl (C=O) groups excluding carboxylic acids is 1. The normalized spacial score (nSPS) is 16.7. The van der Waals surface area contributed by atoms with E-state index in [1.807, 2.05) is 0 Å². The summed E-state index contributed by atoms with van der Waals surface area (Å²) >= 11 is 0. The van der Waals surface area contributed by atoms with Gasteiger partial charge in [-0.05, 0) is 24.8 Å². The van der Waals surface area contributed by atoms with E-state index in [0.717, 1.165) is 12.1 Å².